The second-order valence-electron chi connectivity index (χ2n) is 7.17. The van der Waals surface area contributed by atoms with Gasteiger partial charge in [0.2, 0.25) is 5.01 Å². The summed E-state index contributed by atoms with van der Waals surface area (Å²) in [5, 5.41) is 12.1. The summed E-state index contributed by atoms with van der Waals surface area (Å²) in [6.07, 6.45) is 7.67. The van der Waals surface area contributed by atoms with Crippen molar-refractivity contribution < 1.29 is 9.18 Å². The van der Waals surface area contributed by atoms with Crippen molar-refractivity contribution in [1.82, 2.24) is 20.4 Å². The highest BCUT2D eigenvalue weighted by atomic mass is 32.1. The van der Waals surface area contributed by atoms with Crippen LogP contribution in [0.2, 0.25) is 0 Å². The average molecular weight is 421 g/mol. The molecule has 0 unspecified atom stereocenters. The van der Waals surface area contributed by atoms with Gasteiger partial charge in [-0.1, -0.05) is 53.7 Å². The van der Waals surface area contributed by atoms with Crippen LogP contribution in [0, 0.1) is 18.2 Å². The number of rotatable bonds is 7. The minimum Gasteiger partial charge on any atom is -0.346 e. The molecule has 0 fully saturated rings. The van der Waals surface area contributed by atoms with Crippen LogP contribution in [-0.4, -0.2) is 27.5 Å². The Morgan fingerprint density at radius 3 is 2.83 bits per heavy atom. The Morgan fingerprint density at radius 1 is 1.23 bits per heavy atom. The predicted octanol–water partition coefficient (Wildman–Crippen LogP) is 3.73. The van der Waals surface area contributed by atoms with E-state index in [0.717, 1.165) is 23.4 Å². The van der Waals surface area contributed by atoms with Crippen molar-refractivity contribution in [2.24, 2.45) is 0 Å². The third kappa shape index (κ3) is 4.56. The van der Waals surface area contributed by atoms with Gasteiger partial charge in [-0.05, 0) is 41.7 Å². The molecule has 1 atom stereocenters. The number of amides is 1. The van der Waals surface area contributed by atoms with E-state index in [1.165, 1.54) is 34.6 Å². The average Bonchev–Trinajstić information content (AvgIpc) is 3.40. The van der Waals surface area contributed by atoms with E-state index >= 15 is 0 Å². The first kappa shape index (κ1) is 20.2. The van der Waals surface area contributed by atoms with Crippen molar-refractivity contribution in [3.8, 4) is 12.3 Å². The van der Waals surface area contributed by atoms with E-state index in [1.807, 2.05) is 0 Å². The van der Waals surface area contributed by atoms with E-state index in [1.54, 1.807) is 12.1 Å². The highest BCUT2D eigenvalue weighted by Gasteiger charge is 2.28. The SMILES string of the molecule is C#CCN(Cc1nnc(C(=O)NCc2ccc(F)cc2)s1)[C@@H]1CCc2ccccc21. The van der Waals surface area contributed by atoms with Crippen molar-refractivity contribution in [3.63, 3.8) is 0 Å². The number of nitrogens with one attached hydrogen (secondary N) is 1. The van der Waals surface area contributed by atoms with Crippen LogP contribution in [0.15, 0.2) is 48.5 Å². The zero-order chi connectivity index (χ0) is 20.9. The molecule has 1 heterocycles. The van der Waals surface area contributed by atoms with Crippen LogP contribution in [0.1, 0.15) is 44.0 Å². The molecule has 0 spiro atoms. The van der Waals surface area contributed by atoms with Gasteiger partial charge in [0.15, 0.2) is 0 Å². The Kier molecular flexibility index (Phi) is 6.17. The Balaban J connectivity index is 1.40. The minimum atomic E-state index is -0.305. The molecule has 30 heavy (non-hydrogen) atoms. The molecular formula is C23H21FN4OS. The van der Waals surface area contributed by atoms with Gasteiger partial charge in [0, 0.05) is 12.6 Å². The Labute approximate surface area is 179 Å². The lowest BCUT2D eigenvalue weighted by Gasteiger charge is -2.26. The van der Waals surface area contributed by atoms with Crippen molar-refractivity contribution >= 4 is 17.2 Å². The number of hydrogen-bond acceptors (Lipinski definition) is 5. The molecule has 1 aliphatic rings. The van der Waals surface area contributed by atoms with Crippen LogP contribution >= 0.6 is 11.3 Å². The third-order valence-electron chi connectivity index (χ3n) is 5.20. The summed E-state index contributed by atoms with van der Waals surface area (Å²) in [6, 6.07) is 14.7. The molecule has 1 aliphatic carbocycles. The molecule has 4 rings (SSSR count). The van der Waals surface area contributed by atoms with Crippen molar-refractivity contribution in [3.05, 3.63) is 81.1 Å². The fourth-order valence-corrected chi connectivity index (χ4v) is 4.53. The van der Waals surface area contributed by atoms with Crippen LogP contribution in [0.3, 0.4) is 0 Å². The van der Waals surface area contributed by atoms with Gasteiger partial charge in [0.1, 0.15) is 10.8 Å². The molecule has 3 aromatic rings. The number of halogens is 1. The monoisotopic (exact) mass is 420 g/mol. The highest BCUT2D eigenvalue weighted by Crippen LogP contribution is 2.36. The first-order valence-corrected chi connectivity index (χ1v) is 10.6. The van der Waals surface area contributed by atoms with E-state index in [9.17, 15) is 9.18 Å². The third-order valence-corrected chi connectivity index (χ3v) is 6.11. The molecule has 0 aliphatic heterocycles. The standard InChI is InChI=1S/C23H21FN4OS/c1-2-13-28(20-12-9-17-5-3-4-6-19(17)20)15-21-26-27-23(30-21)22(29)25-14-16-7-10-18(24)11-8-16/h1,3-8,10-11,20H,9,12-15H2,(H,25,29)/t20-/m1/s1. The summed E-state index contributed by atoms with van der Waals surface area (Å²) in [5.74, 6) is 2.15. The lowest BCUT2D eigenvalue weighted by atomic mass is 10.1. The number of fused-ring (bicyclic) bond motifs is 1. The number of aromatic nitrogens is 2. The summed E-state index contributed by atoms with van der Waals surface area (Å²) < 4.78 is 13.0. The molecule has 0 radical (unpaired) electrons. The normalized spacial score (nSPS) is 15.0. The van der Waals surface area contributed by atoms with Gasteiger partial charge in [-0.3, -0.25) is 9.69 Å². The number of nitrogens with zero attached hydrogens (tertiary/aromatic N) is 3. The molecular weight excluding hydrogens is 399 g/mol. The zero-order valence-corrected chi connectivity index (χ0v) is 17.2. The summed E-state index contributed by atoms with van der Waals surface area (Å²) in [7, 11) is 0. The minimum absolute atomic E-state index is 0.247. The quantitative estimate of drug-likeness (QED) is 0.592. The molecule has 2 aromatic carbocycles. The molecule has 152 valence electrons. The van der Waals surface area contributed by atoms with E-state index < -0.39 is 0 Å². The molecule has 7 heteroatoms. The van der Waals surface area contributed by atoms with Crippen LogP contribution in [0.25, 0.3) is 0 Å². The van der Waals surface area contributed by atoms with E-state index in [0.29, 0.717) is 24.6 Å². The van der Waals surface area contributed by atoms with Gasteiger partial charge in [0.05, 0.1) is 13.1 Å². The molecule has 1 aromatic heterocycles. The zero-order valence-electron chi connectivity index (χ0n) is 16.3. The molecule has 0 bridgehead atoms. The molecule has 0 saturated heterocycles. The summed E-state index contributed by atoms with van der Waals surface area (Å²) >= 11 is 1.27. The van der Waals surface area contributed by atoms with E-state index in [4.69, 9.17) is 6.42 Å². The molecule has 1 amide bonds. The largest absolute Gasteiger partial charge is 0.346 e. The van der Waals surface area contributed by atoms with Gasteiger partial charge in [-0.2, -0.15) is 0 Å². The van der Waals surface area contributed by atoms with Crippen LogP contribution < -0.4 is 5.32 Å². The maximum absolute atomic E-state index is 13.0. The van der Waals surface area contributed by atoms with Crippen molar-refractivity contribution in [2.75, 3.05) is 6.54 Å². The number of benzene rings is 2. The Hall–Kier alpha value is -3.08. The van der Waals surface area contributed by atoms with Gasteiger partial charge in [0.25, 0.3) is 5.91 Å². The van der Waals surface area contributed by atoms with Crippen molar-refractivity contribution in [1.29, 1.82) is 0 Å². The number of carbonyl (C=O) groups is 1. The highest BCUT2D eigenvalue weighted by molar-refractivity contribution is 7.13. The van der Waals surface area contributed by atoms with Gasteiger partial charge in [-0.25, -0.2) is 4.39 Å². The van der Waals surface area contributed by atoms with Crippen LogP contribution in [-0.2, 0) is 19.5 Å². The lowest BCUT2D eigenvalue weighted by Crippen LogP contribution is -2.27. The fraction of sp³-hybridized carbons (Fsp3) is 0.261. The van der Waals surface area contributed by atoms with E-state index in [2.05, 4.69) is 50.6 Å². The summed E-state index contributed by atoms with van der Waals surface area (Å²) in [6.45, 7) is 1.35. The summed E-state index contributed by atoms with van der Waals surface area (Å²) in [4.78, 5) is 14.6. The predicted molar refractivity (Wildman–Crippen MR) is 114 cm³/mol. The first-order valence-electron chi connectivity index (χ1n) is 9.74. The van der Waals surface area contributed by atoms with Gasteiger partial charge >= 0.3 is 0 Å². The number of aryl methyl sites for hydroxylation is 1. The van der Waals surface area contributed by atoms with Crippen LogP contribution in [0.4, 0.5) is 4.39 Å². The number of carbonyl (C=O) groups excluding carboxylic acids is 1. The van der Waals surface area contributed by atoms with Gasteiger partial charge in [-0.15, -0.1) is 16.6 Å². The van der Waals surface area contributed by atoms with Crippen molar-refractivity contribution in [2.45, 2.75) is 32.0 Å². The number of hydrogen-bond donors (Lipinski definition) is 1. The molecule has 0 saturated carbocycles. The fourth-order valence-electron chi connectivity index (χ4n) is 3.75. The molecule has 1 N–H and O–H groups in total. The van der Waals surface area contributed by atoms with Crippen LogP contribution in [0.5, 0.6) is 0 Å². The topological polar surface area (TPSA) is 58.1 Å². The van der Waals surface area contributed by atoms with E-state index in [-0.39, 0.29) is 17.8 Å². The Morgan fingerprint density at radius 2 is 2.03 bits per heavy atom. The van der Waals surface area contributed by atoms with Gasteiger partial charge < -0.3 is 5.32 Å². The first-order chi connectivity index (χ1) is 14.6. The smallest absolute Gasteiger partial charge is 0.282 e. The Bertz CT molecular complexity index is 1070. The maximum Gasteiger partial charge on any atom is 0.282 e. The number of terminal acetylenes is 1. The second-order valence-corrected chi connectivity index (χ2v) is 8.23. The summed E-state index contributed by atoms with van der Waals surface area (Å²) in [5.41, 5.74) is 3.49. The molecule has 5 nitrogen and oxygen atoms in total. The maximum atomic E-state index is 13.0. The lowest BCUT2D eigenvalue weighted by molar-refractivity contribution is 0.0950. The second kappa shape index (κ2) is 9.16.